The predicted octanol–water partition coefficient (Wildman–Crippen LogP) is 7.48. The van der Waals surface area contributed by atoms with Gasteiger partial charge in [-0.3, -0.25) is 4.79 Å². The molecule has 34 heavy (non-hydrogen) atoms. The van der Waals surface area contributed by atoms with E-state index in [2.05, 4.69) is 51.2 Å². The van der Waals surface area contributed by atoms with Crippen molar-refractivity contribution in [2.75, 3.05) is 13.2 Å². The van der Waals surface area contributed by atoms with Crippen molar-refractivity contribution in [3.63, 3.8) is 0 Å². The Morgan fingerprint density at radius 2 is 1.71 bits per heavy atom. The number of carbonyl (C=O) groups excluding carboxylic acids is 1. The summed E-state index contributed by atoms with van der Waals surface area (Å²) in [4.78, 5) is 12.7. The average molecular weight is 471 g/mol. The number of benzene rings is 1. The minimum absolute atomic E-state index is 0.0255. The molecule has 4 heteroatoms. The van der Waals surface area contributed by atoms with E-state index in [0.717, 1.165) is 68.6 Å². The first kappa shape index (κ1) is 28.3. The highest BCUT2D eigenvalue weighted by Gasteiger charge is 2.28. The summed E-state index contributed by atoms with van der Waals surface area (Å²) < 4.78 is 6.06. The molecule has 1 aromatic carbocycles. The summed E-state index contributed by atoms with van der Waals surface area (Å²) in [5.74, 6) is 1.01. The van der Waals surface area contributed by atoms with Crippen LogP contribution in [0, 0.1) is 6.92 Å². The van der Waals surface area contributed by atoms with Crippen molar-refractivity contribution in [3.05, 3.63) is 40.6 Å². The van der Waals surface area contributed by atoms with Crippen LogP contribution in [0.15, 0.2) is 29.5 Å². The van der Waals surface area contributed by atoms with Gasteiger partial charge in [-0.25, -0.2) is 0 Å². The lowest BCUT2D eigenvalue weighted by atomic mass is 9.74. The molecule has 1 aliphatic rings. The van der Waals surface area contributed by atoms with Gasteiger partial charge in [0.1, 0.15) is 5.75 Å². The number of ether oxygens (including phenoxy) is 1. The molecule has 0 spiro atoms. The van der Waals surface area contributed by atoms with Crippen molar-refractivity contribution in [2.24, 2.45) is 5.73 Å². The van der Waals surface area contributed by atoms with Crippen LogP contribution in [0.2, 0.25) is 0 Å². The number of carbonyl (C=O) groups is 1. The molecule has 0 heterocycles. The Balaban J connectivity index is 1.94. The average Bonchev–Trinajstić information content (AvgIpc) is 2.82. The van der Waals surface area contributed by atoms with Gasteiger partial charge >= 0.3 is 0 Å². The Labute approximate surface area is 209 Å². The molecule has 1 aliphatic carbocycles. The molecular formula is C30H50N2O2. The lowest BCUT2D eigenvalue weighted by Gasteiger charge is -2.32. The molecule has 192 valence electrons. The zero-order valence-corrected chi connectivity index (χ0v) is 22.4. The third-order valence-electron chi connectivity index (χ3n) is 7.44. The molecule has 0 bridgehead atoms. The highest BCUT2D eigenvalue weighted by molar-refractivity contribution is 5.94. The molecule has 0 radical (unpaired) electrons. The monoisotopic (exact) mass is 470 g/mol. The van der Waals surface area contributed by atoms with Gasteiger partial charge in [-0.2, -0.15) is 0 Å². The Hall–Kier alpha value is -1.97. The quantitative estimate of drug-likeness (QED) is 0.246. The zero-order chi connectivity index (χ0) is 24.8. The van der Waals surface area contributed by atoms with E-state index in [1.54, 1.807) is 0 Å². The number of nitrogens with two attached hydrogens (primary N) is 1. The summed E-state index contributed by atoms with van der Waals surface area (Å²) in [5.41, 5.74) is 10.4. The van der Waals surface area contributed by atoms with Crippen LogP contribution in [-0.4, -0.2) is 19.1 Å². The number of amides is 1. The van der Waals surface area contributed by atoms with E-state index in [9.17, 15) is 4.79 Å². The van der Waals surface area contributed by atoms with Crippen molar-refractivity contribution in [1.82, 2.24) is 5.32 Å². The highest BCUT2D eigenvalue weighted by Crippen LogP contribution is 2.36. The smallest absolute Gasteiger partial charge is 0.248 e. The fourth-order valence-electron chi connectivity index (χ4n) is 5.18. The molecule has 3 N–H and O–H groups in total. The van der Waals surface area contributed by atoms with Crippen LogP contribution in [0.25, 0.3) is 0 Å². The van der Waals surface area contributed by atoms with Gasteiger partial charge in [0.15, 0.2) is 0 Å². The Morgan fingerprint density at radius 3 is 2.41 bits per heavy atom. The SMILES string of the molecule is CCCCCCCCOc1ccc(C(C)(CCCC)CCNC(=O)C2=C(N)CCCC2)c(C)c1. The molecule has 0 aliphatic heterocycles. The molecule has 1 aromatic rings. The predicted molar refractivity (Wildman–Crippen MR) is 144 cm³/mol. The van der Waals surface area contributed by atoms with Crippen LogP contribution < -0.4 is 15.8 Å². The first-order chi connectivity index (χ1) is 16.4. The molecule has 0 saturated carbocycles. The molecule has 0 aromatic heterocycles. The van der Waals surface area contributed by atoms with Gasteiger partial charge in [0.2, 0.25) is 5.91 Å². The van der Waals surface area contributed by atoms with E-state index >= 15 is 0 Å². The lowest BCUT2D eigenvalue weighted by molar-refractivity contribution is -0.117. The molecule has 4 nitrogen and oxygen atoms in total. The van der Waals surface area contributed by atoms with E-state index in [1.165, 1.54) is 56.1 Å². The van der Waals surface area contributed by atoms with Crippen molar-refractivity contribution in [3.8, 4) is 5.75 Å². The van der Waals surface area contributed by atoms with E-state index in [1.807, 2.05) is 0 Å². The maximum atomic E-state index is 12.7. The fourth-order valence-corrected chi connectivity index (χ4v) is 5.18. The summed E-state index contributed by atoms with van der Waals surface area (Å²) in [6, 6.07) is 6.59. The summed E-state index contributed by atoms with van der Waals surface area (Å²) in [5, 5.41) is 3.17. The molecular weight excluding hydrogens is 420 g/mol. The van der Waals surface area contributed by atoms with Gasteiger partial charge in [0.05, 0.1) is 6.61 Å². The zero-order valence-electron chi connectivity index (χ0n) is 22.4. The second kappa shape index (κ2) is 15.1. The van der Waals surface area contributed by atoms with Gasteiger partial charge < -0.3 is 15.8 Å². The minimum atomic E-state index is 0.0255. The molecule has 0 fully saturated rings. The van der Waals surface area contributed by atoms with Crippen LogP contribution in [0.1, 0.15) is 122 Å². The molecule has 0 saturated heterocycles. The lowest BCUT2D eigenvalue weighted by Crippen LogP contribution is -2.34. The normalized spacial score (nSPS) is 15.8. The number of allylic oxidation sites excluding steroid dienone is 1. The Bertz CT molecular complexity index is 786. The summed E-state index contributed by atoms with van der Waals surface area (Å²) >= 11 is 0. The van der Waals surface area contributed by atoms with Crippen molar-refractivity contribution < 1.29 is 9.53 Å². The van der Waals surface area contributed by atoms with Crippen molar-refractivity contribution in [2.45, 2.75) is 123 Å². The summed E-state index contributed by atoms with van der Waals surface area (Å²) in [7, 11) is 0. The number of aryl methyl sites for hydroxylation is 1. The van der Waals surface area contributed by atoms with Gasteiger partial charge in [-0.15, -0.1) is 0 Å². The van der Waals surface area contributed by atoms with Crippen LogP contribution in [-0.2, 0) is 10.2 Å². The Morgan fingerprint density at radius 1 is 1.00 bits per heavy atom. The van der Waals surface area contributed by atoms with E-state index < -0.39 is 0 Å². The van der Waals surface area contributed by atoms with Crippen molar-refractivity contribution in [1.29, 1.82) is 0 Å². The summed E-state index contributed by atoms with van der Waals surface area (Å²) in [6.07, 6.45) is 15.9. The highest BCUT2D eigenvalue weighted by atomic mass is 16.5. The number of unbranched alkanes of at least 4 members (excludes halogenated alkanes) is 6. The standard InChI is InChI=1S/C30H50N2O2/c1-5-7-9-10-11-14-22-34-25-17-18-27(24(3)23-25)30(4,19-8-6-2)20-21-32-29(33)26-15-12-13-16-28(26)31/h17-18,23H,5-16,19-22,31H2,1-4H3,(H,32,33). The van der Waals surface area contributed by atoms with Gasteiger partial charge in [0, 0.05) is 17.8 Å². The molecule has 1 unspecified atom stereocenters. The van der Waals surface area contributed by atoms with E-state index in [-0.39, 0.29) is 11.3 Å². The third kappa shape index (κ3) is 9.00. The second-order valence-corrected chi connectivity index (χ2v) is 10.5. The number of nitrogens with one attached hydrogen (secondary N) is 1. The maximum Gasteiger partial charge on any atom is 0.248 e. The van der Waals surface area contributed by atoms with Crippen LogP contribution in [0.5, 0.6) is 5.75 Å². The fraction of sp³-hybridized carbons (Fsp3) is 0.700. The number of hydrogen-bond acceptors (Lipinski definition) is 3. The maximum absolute atomic E-state index is 12.7. The van der Waals surface area contributed by atoms with Gasteiger partial charge in [-0.05, 0) is 80.5 Å². The van der Waals surface area contributed by atoms with Crippen LogP contribution >= 0.6 is 0 Å². The van der Waals surface area contributed by atoms with E-state index in [0.29, 0.717) is 6.54 Å². The third-order valence-corrected chi connectivity index (χ3v) is 7.44. The largest absolute Gasteiger partial charge is 0.494 e. The second-order valence-electron chi connectivity index (χ2n) is 10.5. The number of rotatable bonds is 16. The first-order valence-corrected chi connectivity index (χ1v) is 13.9. The van der Waals surface area contributed by atoms with Crippen LogP contribution in [0.4, 0.5) is 0 Å². The summed E-state index contributed by atoms with van der Waals surface area (Å²) in [6.45, 7) is 10.5. The number of hydrogen-bond donors (Lipinski definition) is 2. The van der Waals surface area contributed by atoms with Gasteiger partial charge in [-0.1, -0.05) is 71.8 Å². The molecule has 1 amide bonds. The van der Waals surface area contributed by atoms with Crippen LogP contribution in [0.3, 0.4) is 0 Å². The van der Waals surface area contributed by atoms with E-state index in [4.69, 9.17) is 10.5 Å². The topological polar surface area (TPSA) is 64.3 Å². The molecule has 1 atom stereocenters. The van der Waals surface area contributed by atoms with Gasteiger partial charge in [0.25, 0.3) is 0 Å². The molecule has 2 rings (SSSR count). The van der Waals surface area contributed by atoms with Crippen molar-refractivity contribution >= 4 is 5.91 Å². The Kier molecular flexibility index (Phi) is 12.6. The minimum Gasteiger partial charge on any atom is -0.494 e. The first-order valence-electron chi connectivity index (χ1n) is 13.9.